The summed E-state index contributed by atoms with van der Waals surface area (Å²) < 4.78 is 25.8. The summed E-state index contributed by atoms with van der Waals surface area (Å²) in [6.07, 6.45) is 6.70. The maximum atomic E-state index is 12.9. The van der Waals surface area contributed by atoms with Crippen LogP contribution in [0.3, 0.4) is 0 Å². The van der Waals surface area contributed by atoms with Gasteiger partial charge in [0.05, 0.1) is 11.4 Å². The van der Waals surface area contributed by atoms with Crippen LogP contribution in [0.1, 0.15) is 47.2 Å². The Morgan fingerprint density at radius 2 is 1.74 bits per heavy atom. The number of carbonyl (C=O) groups excluding carboxylic acids is 1. The first-order chi connectivity index (χ1) is 15.0. The van der Waals surface area contributed by atoms with Crippen molar-refractivity contribution in [2.45, 2.75) is 44.6 Å². The van der Waals surface area contributed by atoms with Gasteiger partial charge in [-0.3, -0.25) is 14.0 Å². The van der Waals surface area contributed by atoms with Crippen molar-refractivity contribution in [3.63, 3.8) is 0 Å². The molecular formula is C24H29N3O3S. The van der Waals surface area contributed by atoms with Gasteiger partial charge in [0.15, 0.2) is 0 Å². The Balaban J connectivity index is 1.29. The molecule has 0 bridgehead atoms. The molecule has 1 aliphatic carbocycles. The van der Waals surface area contributed by atoms with Crippen LogP contribution in [0.2, 0.25) is 0 Å². The van der Waals surface area contributed by atoms with Crippen LogP contribution in [0.15, 0.2) is 42.5 Å². The van der Waals surface area contributed by atoms with Crippen LogP contribution in [0.4, 0.5) is 11.4 Å². The van der Waals surface area contributed by atoms with Crippen LogP contribution in [0, 0.1) is 0 Å². The second-order valence-corrected chi connectivity index (χ2v) is 10.9. The first kappa shape index (κ1) is 20.5. The molecule has 0 unspecified atom stereocenters. The summed E-state index contributed by atoms with van der Waals surface area (Å²) in [5, 5.41) is 3.00. The van der Waals surface area contributed by atoms with Crippen molar-refractivity contribution < 1.29 is 13.2 Å². The minimum atomic E-state index is -3.27. The molecule has 1 saturated heterocycles. The lowest BCUT2D eigenvalue weighted by Crippen LogP contribution is -2.41. The summed E-state index contributed by atoms with van der Waals surface area (Å²) in [4.78, 5) is 15.5. The van der Waals surface area contributed by atoms with Crippen LogP contribution < -0.4 is 9.62 Å². The third-order valence-electron chi connectivity index (χ3n) is 6.89. The molecule has 2 aliphatic heterocycles. The van der Waals surface area contributed by atoms with Gasteiger partial charge in [-0.05, 0) is 73.6 Å². The molecule has 0 atom stereocenters. The van der Waals surface area contributed by atoms with Crippen LogP contribution in [-0.4, -0.2) is 50.7 Å². The number of nitrogens with one attached hydrogen (secondary N) is 1. The third-order valence-corrected chi connectivity index (χ3v) is 8.76. The number of amides is 1. The van der Waals surface area contributed by atoms with E-state index in [4.69, 9.17) is 0 Å². The topological polar surface area (TPSA) is 69.7 Å². The Bertz CT molecular complexity index is 1090. The Hall–Kier alpha value is -2.38. The number of fused-ring (bicyclic) bond motifs is 1. The molecule has 0 aromatic heterocycles. The second-order valence-electron chi connectivity index (χ2n) is 8.85. The standard InChI is InChI=1S/C24H29N3O3S/c28-24(20-4-1-7-23(17-20)27-12-3-15-31(27,29)30)25-21-9-8-18-10-13-26(22-5-2-6-22)14-11-19(18)16-21/h1,4,7-9,16-17,22H,2-3,5-6,10-15H2,(H,25,28). The molecule has 2 aromatic carbocycles. The molecular weight excluding hydrogens is 410 g/mol. The molecule has 2 fully saturated rings. The zero-order valence-corrected chi connectivity index (χ0v) is 18.5. The first-order valence-corrected chi connectivity index (χ1v) is 12.9. The molecule has 3 aliphatic rings. The summed E-state index contributed by atoms with van der Waals surface area (Å²) in [6.45, 7) is 2.67. The first-order valence-electron chi connectivity index (χ1n) is 11.3. The van der Waals surface area contributed by atoms with E-state index in [1.54, 1.807) is 24.3 Å². The number of benzene rings is 2. The van der Waals surface area contributed by atoms with Crippen LogP contribution in [-0.2, 0) is 22.9 Å². The largest absolute Gasteiger partial charge is 0.322 e. The second kappa shape index (κ2) is 8.28. The Labute approximate surface area is 184 Å². The average molecular weight is 440 g/mol. The molecule has 5 rings (SSSR count). The number of anilines is 2. The molecule has 0 spiro atoms. The minimum absolute atomic E-state index is 0.163. The molecule has 7 heteroatoms. The van der Waals surface area contributed by atoms with Crippen molar-refractivity contribution >= 4 is 27.3 Å². The molecule has 1 saturated carbocycles. The molecule has 31 heavy (non-hydrogen) atoms. The molecule has 0 radical (unpaired) electrons. The molecule has 6 nitrogen and oxygen atoms in total. The van der Waals surface area contributed by atoms with E-state index in [1.807, 2.05) is 6.07 Å². The number of hydrogen-bond donors (Lipinski definition) is 1. The van der Waals surface area contributed by atoms with Crippen molar-refractivity contribution in [2.24, 2.45) is 0 Å². The van der Waals surface area contributed by atoms with Gasteiger partial charge >= 0.3 is 0 Å². The van der Waals surface area contributed by atoms with Crippen molar-refractivity contribution in [3.05, 3.63) is 59.2 Å². The highest BCUT2D eigenvalue weighted by molar-refractivity contribution is 7.93. The summed E-state index contributed by atoms with van der Waals surface area (Å²) in [5.74, 6) is -0.0559. The number of sulfonamides is 1. The van der Waals surface area contributed by atoms with Gasteiger partial charge in [-0.25, -0.2) is 8.42 Å². The maximum absolute atomic E-state index is 12.9. The lowest BCUT2D eigenvalue weighted by Gasteiger charge is -2.36. The van der Waals surface area contributed by atoms with Gasteiger partial charge in [0.25, 0.3) is 5.91 Å². The highest BCUT2D eigenvalue weighted by atomic mass is 32.2. The fourth-order valence-electron chi connectivity index (χ4n) is 4.87. The van der Waals surface area contributed by atoms with E-state index in [2.05, 4.69) is 22.3 Å². The predicted octanol–water partition coefficient (Wildman–Crippen LogP) is 3.43. The Morgan fingerprint density at radius 3 is 2.45 bits per heavy atom. The van der Waals surface area contributed by atoms with E-state index < -0.39 is 10.0 Å². The average Bonchev–Trinajstić information content (AvgIpc) is 2.95. The van der Waals surface area contributed by atoms with Gasteiger partial charge < -0.3 is 5.32 Å². The fraction of sp³-hybridized carbons (Fsp3) is 0.458. The van der Waals surface area contributed by atoms with E-state index in [9.17, 15) is 13.2 Å². The van der Waals surface area contributed by atoms with E-state index in [0.29, 0.717) is 24.2 Å². The van der Waals surface area contributed by atoms with E-state index >= 15 is 0 Å². The van der Waals surface area contributed by atoms with Crippen molar-refractivity contribution in [2.75, 3.05) is 35.0 Å². The number of rotatable bonds is 4. The molecule has 2 heterocycles. The maximum Gasteiger partial charge on any atom is 0.255 e. The van der Waals surface area contributed by atoms with Crippen molar-refractivity contribution in [1.82, 2.24) is 4.90 Å². The van der Waals surface area contributed by atoms with Crippen LogP contribution in [0.5, 0.6) is 0 Å². The van der Waals surface area contributed by atoms with E-state index in [1.165, 1.54) is 34.7 Å². The van der Waals surface area contributed by atoms with Gasteiger partial charge in [0, 0.05) is 36.9 Å². The predicted molar refractivity (Wildman–Crippen MR) is 123 cm³/mol. The van der Waals surface area contributed by atoms with Gasteiger partial charge in [-0.1, -0.05) is 18.6 Å². The van der Waals surface area contributed by atoms with Gasteiger partial charge in [-0.15, -0.1) is 0 Å². The number of hydrogen-bond acceptors (Lipinski definition) is 4. The normalized spacial score (nSPS) is 21.2. The van der Waals surface area contributed by atoms with E-state index in [0.717, 1.165) is 37.7 Å². The van der Waals surface area contributed by atoms with Crippen molar-refractivity contribution in [1.29, 1.82) is 0 Å². The summed E-state index contributed by atoms with van der Waals surface area (Å²) in [5.41, 5.74) is 4.51. The van der Waals surface area contributed by atoms with Gasteiger partial charge in [0.2, 0.25) is 10.0 Å². The zero-order chi connectivity index (χ0) is 21.4. The summed E-state index contributed by atoms with van der Waals surface area (Å²) in [6, 6.07) is 13.9. The molecule has 164 valence electrons. The van der Waals surface area contributed by atoms with Crippen molar-refractivity contribution in [3.8, 4) is 0 Å². The van der Waals surface area contributed by atoms with Gasteiger partial charge in [-0.2, -0.15) is 0 Å². The third kappa shape index (κ3) is 4.21. The Kier molecular flexibility index (Phi) is 5.48. The highest BCUT2D eigenvalue weighted by Gasteiger charge is 2.29. The molecule has 2 aromatic rings. The van der Waals surface area contributed by atoms with Crippen LogP contribution >= 0.6 is 0 Å². The van der Waals surface area contributed by atoms with E-state index in [-0.39, 0.29) is 11.7 Å². The number of carbonyl (C=O) groups is 1. The number of nitrogens with zero attached hydrogens (tertiary/aromatic N) is 2. The van der Waals surface area contributed by atoms with Gasteiger partial charge in [0.1, 0.15) is 0 Å². The Morgan fingerprint density at radius 1 is 0.935 bits per heavy atom. The monoisotopic (exact) mass is 439 g/mol. The smallest absolute Gasteiger partial charge is 0.255 e. The lowest BCUT2D eigenvalue weighted by molar-refractivity contribution is 0.102. The minimum Gasteiger partial charge on any atom is -0.322 e. The fourth-order valence-corrected chi connectivity index (χ4v) is 6.43. The van der Waals surface area contributed by atoms with Crippen LogP contribution in [0.25, 0.3) is 0 Å². The quantitative estimate of drug-likeness (QED) is 0.792. The summed E-state index contributed by atoms with van der Waals surface area (Å²) >= 11 is 0. The SMILES string of the molecule is O=C(Nc1ccc2c(c1)CCN(C1CCC1)CC2)c1cccc(N2CCCS2(=O)=O)c1. The summed E-state index contributed by atoms with van der Waals surface area (Å²) in [7, 11) is -3.27. The zero-order valence-electron chi connectivity index (χ0n) is 17.7. The molecule has 1 N–H and O–H groups in total. The molecule has 1 amide bonds. The highest BCUT2D eigenvalue weighted by Crippen LogP contribution is 2.29. The lowest BCUT2D eigenvalue weighted by atomic mass is 9.91.